The van der Waals surface area contributed by atoms with Crippen molar-refractivity contribution in [2.45, 2.75) is 12.8 Å². The molecule has 0 amide bonds. The lowest BCUT2D eigenvalue weighted by atomic mass is 9.83. The van der Waals surface area contributed by atoms with E-state index in [4.69, 9.17) is 19.9 Å². The van der Waals surface area contributed by atoms with Crippen LogP contribution in [0.2, 0.25) is 0 Å². The molecule has 1 atom stereocenters. The Kier molecular flexibility index (Phi) is 5.77. The topological polar surface area (TPSA) is 94.6 Å². The SMILES string of the molecule is CCOc1ccccc1C1C(C#N)=C(N)Oc2cc(OC(=O)c3ccc(F)cc3)ccc21. The summed E-state index contributed by atoms with van der Waals surface area (Å²) in [5.74, 6) is -0.393. The Morgan fingerprint density at radius 3 is 2.59 bits per heavy atom. The van der Waals surface area contributed by atoms with Crippen LogP contribution < -0.4 is 19.9 Å². The number of halogens is 1. The van der Waals surface area contributed by atoms with E-state index in [9.17, 15) is 14.4 Å². The number of ether oxygens (including phenoxy) is 3. The fraction of sp³-hybridized carbons (Fsp3) is 0.120. The molecule has 1 aliphatic heterocycles. The zero-order valence-electron chi connectivity index (χ0n) is 17.2. The van der Waals surface area contributed by atoms with Crippen molar-refractivity contribution in [3.05, 3.63) is 101 Å². The van der Waals surface area contributed by atoms with Crippen LogP contribution in [0.25, 0.3) is 0 Å². The van der Waals surface area contributed by atoms with Gasteiger partial charge in [-0.25, -0.2) is 9.18 Å². The second-order valence-electron chi connectivity index (χ2n) is 6.99. The van der Waals surface area contributed by atoms with Crippen molar-refractivity contribution in [1.29, 1.82) is 5.26 Å². The van der Waals surface area contributed by atoms with Gasteiger partial charge in [0.05, 0.1) is 18.1 Å². The van der Waals surface area contributed by atoms with Gasteiger partial charge >= 0.3 is 5.97 Å². The molecule has 1 heterocycles. The Balaban J connectivity index is 1.71. The van der Waals surface area contributed by atoms with E-state index in [1.807, 2.05) is 31.2 Å². The molecule has 3 aromatic rings. The monoisotopic (exact) mass is 430 g/mol. The standard InChI is InChI=1S/C25H19FN2O4/c1-2-30-21-6-4-3-5-18(21)23-19-12-11-17(13-22(19)32-24(28)20(23)14-27)31-25(29)15-7-9-16(26)10-8-15/h3-13,23H,2,28H2,1H3. The van der Waals surface area contributed by atoms with Crippen molar-refractivity contribution in [1.82, 2.24) is 0 Å². The lowest BCUT2D eigenvalue weighted by Crippen LogP contribution is -2.21. The van der Waals surface area contributed by atoms with Gasteiger partial charge in [-0.15, -0.1) is 0 Å². The zero-order valence-corrected chi connectivity index (χ0v) is 17.2. The second-order valence-corrected chi connectivity index (χ2v) is 6.99. The minimum Gasteiger partial charge on any atom is -0.494 e. The number of carbonyl (C=O) groups excluding carboxylic acids is 1. The Morgan fingerprint density at radius 1 is 1.12 bits per heavy atom. The van der Waals surface area contributed by atoms with Gasteiger partial charge in [0.1, 0.15) is 34.7 Å². The molecule has 0 aliphatic carbocycles. The number of hydrogen-bond donors (Lipinski definition) is 1. The Labute approximate surface area is 184 Å². The van der Waals surface area contributed by atoms with E-state index in [0.717, 1.165) is 5.56 Å². The van der Waals surface area contributed by atoms with Crippen molar-refractivity contribution >= 4 is 5.97 Å². The average Bonchev–Trinajstić information content (AvgIpc) is 2.79. The van der Waals surface area contributed by atoms with Gasteiger partial charge in [-0.3, -0.25) is 0 Å². The first-order valence-corrected chi connectivity index (χ1v) is 9.92. The van der Waals surface area contributed by atoms with E-state index in [2.05, 4.69) is 6.07 Å². The largest absolute Gasteiger partial charge is 0.494 e. The van der Waals surface area contributed by atoms with Crippen LogP contribution in [-0.2, 0) is 0 Å². The van der Waals surface area contributed by atoms with Crippen molar-refractivity contribution in [2.24, 2.45) is 5.73 Å². The minimum atomic E-state index is -0.639. The van der Waals surface area contributed by atoms with Gasteiger partial charge in [-0.05, 0) is 43.3 Å². The summed E-state index contributed by atoms with van der Waals surface area (Å²) in [4.78, 5) is 12.4. The highest BCUT2D eigenvalue weighted by Gasteiger charge is 2.33. The molecule has 1 unspecified atom stereocenters. The number of para-hydroxylation sites is 1. The van der Waals surface area contributed by atoms with E-state index in [-0.39, 0.29) is 22.8 Å². The van der Waals surface area contributed by atoms with Crippen LogP contribution in [0, 0.1) is 17.1 Å². The number of rotatable bonds is 5. The van der Waals surface area contributed by atoms with Crippen LogP contribution in [-0.4, -0.2) is 12.6 Å². The van der Waals surface area contributed by atoms with Crippen LogP contribution in [0.1, 0.15) is 34.3 Å². The summed E-state index contributed by atoms with van der Waals surface area (Å²) in [5.41, 5.74) is 7.99. The number of allylic oxidation sites excluding steroid dienone is 1. The summed E-state index contributed by atoms with van der Waals surface area (Å²) in [6, 6.07) is 19.5. The van der Waals surface area contributed by atoms with Crippen LogP contribution in [0.5, 0.6) is 17.2 Å². The van der Waals surface area contributed by atoms with E-state index in [1.165, 1.54) is 30.3 Å². The van der Waals surface area contributed by atoms with Crippen LogP contribution in [0.4, 0.5) is 4.39 Å². The minimum absolute atomic E-state index is 0.0293. The van der Waals surface area contributed by atoms with Crippen molar-refractivity contribution in [3.63, 3.8) is 0 Å². The summed E-state index contributed by atoms with van der Waals surface area (Å²) < 4.78 is 30.0. The summed E-state index contributed by atoms with van der Waals surface area (Å²) >= 11 is 0. The third kappa shape index (κ3) is 3.98. The lowest BCUT2D eigenvalue weighted by Gasteiger charge is -2.27. The first-order valence-electron chi connectivity index (χ1n) is 9.92. The highest BCUT2D eigenvalue weighted by molar-refractivity contribution is 5.91. The van der Waals surface area contributed by atoms with E-state index in [0.29, 0.717) is 23.7 Å². The summed E-state index contributed by atoms with van der Waals surface area (Å²) in [7, 11) is 0. The second kappa shape index (κ2) is 8.82. The van der Waals surface area contributed by atoms with Crippen LogP contribution >= 0.6 is 0 Å². The molecule has 0 aromatic heterocycles. The lowest BCUT2D eigenvalue weighted by molar-refractivity contribution is 0.0734. The van der Waals surface area contributed by atoms with E-state index >= 15 is 0 Å². The summed E-state index contributed by atoms with van der Waals surface area (Å²) in [6.45, 7) is 2.35. The molecule has 0 saturated carbocycles. The van der Waals surface area contributed by atoms with Crippen LogP contribution in [0.3, 0.4) is 0 Å². The van der Waals surface area contributed by atoms with Crippen LogP contribution in [0.15, 0.2) is 78.2 Å². The third-order valence-electron chi connectivity index (χ3n) is 5.01. The molecular formula is C25H19FN2O4. The number of nitriles is 1. The molecule has 1 aliphatic rings. The van der Waals surface area contributed by atoms with Gasteiger partial charge in [0, 0.05) is 17.2 Å². The van der Waals surface area contributed by atoms with Crippen molar-refractivity contribution in [3.8, 4) is 23.3 Å². The molecule has 32 heavy (non-hydrogen) atoms. The van der Waals surface area contributed by atoms with Gasteiger partial charge < -0.3 is 19.9 Å². The predicted octanol–water partition coefficient (Wildman–Crippen LogP) is 4.66. The molecule has 6 nitrogen and oxygen atoms in total. The van der Waals surface area contributed by atoms with Gasteiger partial charge in [-0.1, -0.05) is 24.3 Å². The molecule has 7 heteroatoms. The third-order valence-corrected chi connectivity index (χ3v) is 5.01. The molecule has 160 valence electrons. The number of carbonyl (C=O) groups is 1. The van der Waals surface area contributed by atoms with Gasteiger partial charge in [0.25, 0.3) is 0 Å². The van der Waals surface area contributed by atoms with Gasteiger partial charge in [0.15, 0.2) is 0 Å². The Hall–Kier alpha value is -4.31. The smallest absolute Gasteiger partial charge is 0.343 e. The van der Waals surface area contributed by atoms with Gasteiger partial charge in [0.2, 0.25) is 5.88 Å². The molecule has 0 saturated heterocycles. The molecule has 4 rings (SSSR count). The molecule has 0 bridgehead atoms. The molecule has 2 N–H and O–H groups in total. The summed E-state index contributed by atoms with van der Waals surface area (Å²) in [6.07, 6.45) is 0. The van der Waals surface area contributed by atoms with E-state index in [1.54, 1.807) is 12.1 Å². The first kappa shape index (κ1) is 20.9. The number of hydrogen-bond acceptors (Lipinski definition) is 6. The van der Waals surface area contributed by atoms with Crippen molar-refractivity contribution in [2.75, 3.05) is 6.61 Å². The number of nitrogens with zero attached hydrogens (tertiary/aromatic N) is 1. The molecule has 0 radical (unpaired) electrons. The molecule has 0 fully saturated rings. The maximum atomic E-state index is 13.1. The van der Waals surface area contributed by atoms with E-state index < -0.39 is 17.7 Å². The number of nitrogens with two attached hydrogens (primary N) is 1. The molecule has 0 spiro atoms. The molecular weight excluding hydrogens is 411 g/mol. The fourth-order valence-corrected chi connectivity index (χ4v) is 3.58. The predicted molar refractivity (Wildman–Crippen MR) is 115 cm³/mol. The quantitative estimate of drug-likeness (QED) is 0.467. The first-order chi connectivity index (χ1) is 15.5. The Morgan fingerprint density at radius 2 is 1.88 bits per heavy atom. The Bertz CT molecular complexity index is 1250. The molecule has 3 aromatic carbocycles. The zero-order chi connectivity index (χ0) is 22.7. The van der Waals surface area contributed by atoms with Crippen molar-refractivity contribution < 1.29 is 23.4 Å². The highest BCUT2D eigenvalue weighted by Crippen LogP contribution is 2.45. The fourth-order valence-electron chi connectivity index (χ4n) is 3.58. The average molecular weight is 430 g/mol. The summed E-state index contributed by atoms with van der Waals surface area (Å²) in [5, 5.41) is 9.75. The van der Waals surface area contributed by atoms with Gasteiger partial charge in [-0.2, -0.15) is 5.26 Å². The number of benzene rings is 3. The number of fused-ring (bicyclic) bond motifs is 1. The maximum absolute atomic E-state index is 13.1. The number of esters is 1. The maximum Gasteiger partial charge on any atom is 0.343 e. The normalized spacial score (nSPS) is 14.7. The highest BCUT2D eigenvalue weighted by atomic mass is 19.1.